The maximum absolute atomic E-state index is 11.5. The third-order valence-corrected chi connectivity index (χ3v) is 5.21. The van der Waals surface area contributed by atoms with Gasteiger partial charge in [-0.1, -0.05) is 23.2 Å². The highest BCUT2D eigenvalue weighted by atomic mass is 35.5. The first-order valence-electron chi connectivity index (χ1n) is 6.98. The van der Waals surface area contributed by atoms with Crippen LogP contribution in [-0.2, 0) is 23.0 Å². The van der Waals surface area contributed by atoms with Crippen LogP contribution in [0.15, 0.2) is 35.2 Å². The highest BCUT2D eigenvalue weighted by molar-refractivity contribution is 7.89. The number of primary sulfonamides is 1. The molecule has 0 amide bonds. The third-order valence-electron chi connectivity index (χ3n) is 3.91. The van der Waals surface area contributed by atoms with E-state index in [1.54, 1.807) is 24.3 Å². The minimum atomic E-state index is -3.69. The van der Waals surface area contributed by atoms with Gasteiger partial charge in [0.25, 0.3) is 0 Å². The number of aromatic nitrogens is 1. The van der Waals surface area contributed by atoms with E-state index in [2.05, 4.69) is 16.8 Å². The Balaban J connectivity index is 1.94. The van der Waals surface area contributed by atoms with E-state index in [1.165, 1.54) is 6.07 Å². The number of halogens is 2. The van der Waals surface area contributed by atoms with Gasteiger partial charge in [0.2, 0.25) is 10.0 Å². The number of hydrogen-bond donors (Lipinski definition) is 1. The maximum Gasteiger partial charge on any atom is 0.238 e. The van der Waals surface area contributed by atoms with Crippen molar-refractivity contribution in [1.29, 1.82) is 0 Å². The Bertz CT molecular complexity index is 851. The zero-order valence-electron chi connectivity index (χ0n) is 12.3. The molecule has 1 unspecified atom stereocenters. The third kappa shape index (κ3) is 3.45. The van der Waals surface area contributed by atoms with Crippen molar-refractivity contribution in [3.8, 4) is 0 Å². The van der Waals surface area contributed by atoms with E-state index in [1.807, 2.05) is 0 Å². The number of fused-ring (bicyclic) bond motifs is 1. The van der Waals surface area contributed by atoms with Crippen LogP contribution in [-0.4, -0.2) is 19.4 Å². The van der Waals surface area contributed by atoms with E-state index in [4.69, 9.17) is 28.3 Å². The summed E-state index contributed by atoms with van der Waals surface area (Å²) >= 11 is 11.9. The molecule has 1 aliphatic rings. The predicted molar refractivity (Wildman–Crippen MR) is 91.4 cm³/mol. The van der Waals surface area contributed by atoms with E-state index < -0.39 is 10.0 Å². The van der Waals surface area contributed by atoms with Gasteiger partial charge >= 0.3 is 0 Å². The molecule has 2 N–H and O–H groups in total. The Morgan fingerprint density at radius 2 is 1.91 bits per heavy atom. The van der Waals surface area contributed by atoms with Crippen LogP contribution in [0.25, 0.3) is 0 Å². The quantitative estimate of drug-likeness (QED) is 0.841. The summed E-state index contributed by atoms with van der Waals surface area (Å²) in [6.45, 7) is 2.70. The molecule has 1 aromatic heterocycles. The van der Waals surface area contributed by atoms with Gasteiger partial charge in [0.15, 0.2) is 0 Å². The van der Waals surface area contributed by atoms with Crippen LogP contribution in [0.5, 0.6) is 0 Å². The van der Waals surface area contributed by atoms with Gasteiger partial charge in [-0.2, -0.15) is 0 Å². The second-order valence-electron chi connectivity index (χ2n) is 5.64. The number of nitrogens with zero attached hydrogens (tertiary/aromatic N) is 2. The lowest BCUT2D eigenvalue weighted by Crippen LogP contribution is -2.28. The summed E-state index contributed by atoms with van der Waals surface area (Å²) in [4.78, 5) is 6.27. The molecule has 0 aliphatic carbocycles. The van der Waals surface area contributed by atoms with Gasteiger partial charge in [0.1, 0.15) is 10.3 Å². The van der Waals surface area contributed by atoms with Crippen LogP contribution < -0.4 is 10.0 Å². The second kappa shape index (κ2) is 5.94. The highest BCUT2D eigenvalue weighted by Gasteiger charge is 2.27. The molecule has 5 nitrogen and oxygen atoms in total. The summed E-state index contributed by atoms with van der Waals surface area (Å²) in [6.07, 6.45) is 0.755. The van der Waals surface area contributed by atoms with Crippen molar-refractivity contribution in [1.82, 2.24) is 4.98 Å². The van der Waals surface area contributed by atoms with E-state index in [-0.39, 0.29) is 10.9 Å². The van der Waals surface area contributed by atoms with E-state index in [0.29, 0.717) is 16.9 Å². The molecule has 1 aliphatic heterocycles. The molecule has 0 spiro atoms. The van der Waals surface area contributed by atoms with Crippen LogP contribution >= 0.6 is 23.2 Å². The molecule has 2 aromatic rings. The zero-order valence-corrected chi connectivity index (χ0v) is 14.7. The van der Waals surface area contributed by atoms with Crippen LogP contribution in [0.1, 0.15) is 18.1 Å². The van der Waals surface area contributed by atoms with E-state index in [9.17, 15) is 8.42 Å². The summed E-state index contributed by atoms with van der Waals surface area (Å²) in [6, 6.07) is 8.75. The molecule has 122 valence electrons. The monoisotopic (exact) mass is 371 g/mol. The first-order chi connectivity index (χ1) is 10.7. The molecular weight excluding hydrogens is 357 g/mol. The van der Waals surface area contributed by atoms with Gasteiger partial charge in [0, 0.05) is 18.3 Å². The van der Waals surface area contributed by atoms with Crippen LogP contribution in [0.2, 0.25) is 10.3 Å². The Labute approximate surface area is 145 Å². The number of pyridine rings is 1. The molecule has 0 saturated heterocycles. The molecule has 1 atom stereocenters. The Morgan fingerprint density at radius 3 is 2.52 bits per heavy atom. The maximum atomic E-state index is 11.5. The predicted octanol–water partition coefficient (Wildman–Crippen LogP) is 2.99. The Morgan fingerprint density at radius 1 is 1.26 bits per heavy atom. The second-order valence-corrected chi connectivity index (χ2v) is 7.97. The van der Waals surface area contributed by atoms with Gasteiger partial charge in [0.05, 0.1) is 4.90 Å². The summed E-state index contributed by atoms with van der Waals surface area (Å²) < 4.78 is 23.0. The average Bonchev–Trinajstić information content (AvgIpc) is 2.72. The van der Waals surface area contributed by atoms with Gasteiger partial charge in [-0.3, -0.25) is 0 Å². The number of nitrogens with two attached hydrogens (primary N) is 1. The average molecular weight is 372 g/mol. The van der Waals surface area contributed by atoms with E-state index in [0.717, 1.165) is 23.2 Å². The van der Waals surface area contributed by atoms with Crippen LogP contribution in [0.4, 0.5) is 5.69 Å². The van der Waals surface area contributed by atoms with Crippen molar-refractivity contribution in [2.24, 2.45) is 5.14 Å². The first-order valence-corrected chi connectivity index (χ1v) is 9.28. The van der Waals surface area contributed by atoms with Gasteiger partial charge in [-0.15, -0.1) is 0 Å². The summed E-state index contributed by atoms with van der Waals surface area (Å²) in [5.74, 6) is 0. The molecular formula is C15H15Cl2N3O2S. The largest absolute Gasteiger partial charge is 0.364 e. The fourth-order valence-corrected chi connectivity index (χ4v) is 3.96. The summed E-state index contributed by atoms with van der Waals surface area (Å²) in [7, 11) is -3.69. The highest BCUT2D eigenvalue weighted by Crippen LogP contribution is 2.35. The minimum Gasteiger partial charge on any atom is -0.364 e. The fraction of sp³-hybridized carbons (Fsp3) is 0.267. The summed E-state index contributed by atoms with van der Waals surface area (Å²) in [5.41, 5.74) is 2.91. The molecule has 0 fully saturated rings. The molecule has 0 radical (unpaired) electrons. The standard InChI is InChI=1S/C15H15Cl2N3O2S/c1-9-4-11-7-12(23(18,21)22)2-3-13(11)20(9)8-10-5-14(16)19-15(17)6-10/h2-3,5-7,9H,4,8H2,1H3,(H2,18,21,22). The number of anilines is 1. The van der Waals surface area contributed by atoms with Crippen molar-refractivity contribution in [2.45, 2.75) is 30.8 Å². The van der Waals surface area contributed by atoms with Crippen molar-refractivity contribution in [3.63, 3.8) is 0 Å². The van der Waals surface area contributed by atoms with Gasteiger partial charge in [-0.25, -0.2) is 18.5 Å². The van der Waals surface area contributed by atoms with Crippen LogP contribution in [0, 0.1) is 0 Å². The van der Waals surface area contributed by atoms with Crippen molar-refractivity contribution >= 4 is 38.9 Å². The Kier molecular flexibility index (Phi) is 4.27. The summed E-state index contributed by atoms with van der Waals surface area (Å²) in [5, 5.41) is 5.90. The van der Waals surface area contributed by atoms with Gasteiger partial charge in [-0.05, 0) is 54.8 Å². The number of rotatable bonds is 3. The normalized spacial score (nSPS) is 17.4. The lowest BCUT2D eigenvalue weighted by molar-refractivity contribution is 0.597. The number of sulfonamides is 1. The smallest absolute Gasteiger partial charge is 0.238 e. The van der Waals surface area contributed by atoms with Gasteiger partial charge < -0.3 is 4.90 Å². The minimum absolute atomic E-state index is 0.139. The Hall–Kier alpha value is -1.34. The molecule has 3 rings (SSSR count). The molecule has 0 bridgehead atoms. The van der Waals surface area contributed by atoms with Crippen molar-refractivity contribution < 1.29 is 8.42 Å². The molecule has 0 saturated carbocycles. The zero-order chi connectivity index (χ0) is 16.8. The van der Waals surface area contributed by atoms with Crippen LogP contribution in [0.3, 0.4) is 0 Å². The SMILES string of the molecule is CC1Cc2cc(S(N)(=O)=O)ccc2N1Cc1cc(Cl)nc(Cl)c1. The lowest BCUT2D eigenvalue weighted by atomic mass is 10.1. The van der Waals surface area contributed by atoms with Crippen molar-refractivity contribution in [2.75, 3.05) is 4.90 Å². The molecule has 8 heteroatoms. The van der Waals surface area contributed by atoms with E-state index >= 15 is 0 Å². The van der Waals surface area contributed by atoms with Crippen molar-refractivity contribution in [3.05, 3.63) is 51.8 Å². The molecule has 1 aromatic carbocycles. The molecule has 2 heterocycles. The number of benzene rings is 1. The topological polar surface area (TPSA) is 76.3 Å². The fourth-order valence-electron chi connectivity index (χ4n) is 2.89. The molecule has 23 heavy (non-hydrogen) atoms. The number of hydrogen-bond acceptors (Lipinski definition) is 4. The lowest BCUT2D eigenvalue weighted by Gasteiger charge is -2.25. The first kappa shape index (κ1) is 16.5.